The van der Waals surface area contributed by atoms with Gasteiger partial charge in [-0.1, -0.05) is 78.4 Å². The van der Waals surface area contributed by atoms with E-state index in [1.807, 2.05) is 49.4 Å². The van der Waals surface area contributed by atoms with Crippen LogP contribution in [-0.4, -0.2) is 77.2 Å². The summed E-state index contributed by atoms with van der Waals surface area (Å²) in [5.74, 6) is -3.91. The highest BCUT2D eigenvalue weighted by molar-refractivity contribution is 6.34. The minimum Gasteiger partial charge on any atom is -0.455 e. The number of β-amino-alcohol motifs (C(OH)–C–C–N with tert-alkyl or cyclic N) is 1. The van der Waals surface area contributed by atoms with Crippen molar-refractivity contribution in [3.05, 3.63) is 89.0 Å². The van der Waals surface area contributed by atoms with E-state index in [-0.39, 0.29) is 32.0 Å². The van der Waals surface area contributed by atoms with E-state index in [4.69, 9.17) is 21.1 Å². The molecule has 0 aliphatic carbocycles. The van der Waals surface area contributed by atoms with Crippen LogP contribution in [0.3, 0.4) is 0 Å². The lowest BCUT2D eigenvalue weighted by molar-refractivity contribution is -0.161. The second-order valence-corrected chi connectivity index (χ2v) is 12.4. The highest BCUT2D eigenvalue weighted by Crippen LogP contribution is 2.56. The minimum absolute atomic E-state index is 0.106. The maximum atomic E-state index is 14.7. The van der Waals surface area contributed by atoms with Gasteiger partial charge in [0.15, 0.2) is 0 Å². The molecule has 2 fully saturated rings. The lowest BCUT2D eigenvalue weighted by Crippen LogP contribution is -2.56. The molecule has 45 heavy (non-hydrogen) atoms. The van der Waals surface area contributed by atoms with Gasteiger partial charge < -0.3 is 29.7 Å². The van der Waals surface area contributed by atoms with Crippen LogP contribution in [0.2, 0.25) is 5.02 Å². The first-order valence-electron chi connectivity index (χ1n) is 15.2. The molecule has 2 aromatic carbocycles. The molecule has 0 unspecified atom stereocenters. The summed E-state index contributed by atoms with van der Waals surface area (Å²) in [4.78, 5) is 58.7. The molecule has 1 spiro atoms. The Balaban J connectivity index is 1.46. The number of allylic oxidation sites excluding steroid dienone is 1. The van der Waals surface area contributed by atoms with E-state index in [0.29, 0.717) is 22.7 Å². The van der Waals surface area contributed by atoms with E-state index < -0.39 is 59.5 Å². The van der Waals surface area contributed by atoms with Gasteiger partial charge in [-0.05, 0) is 37.5 Å². The molecule has 0 saturated carbocycles. The summed E-state index contributed by atoms with van der Waals surface area (Å²) in [5, 5.41) is 13.3. The number of anilines is 1. The van der Waals surface area contributed by atoms with Crippen LogP contribution >= 0.6 is 11.6 Å². The molecular weight excluding hydrogens is 598 g/mol. The number of aliphatic hydroxyl groups excluding tert-OH is 1. The number of rotatable bonds is 4. The van der Waals surface area contributed by atoms with Crippen LogP contribution in [0.25, 0.3) is 0 Å². The Bertz CT molecular complexity index is 1540. The van der Waals surface area contributed by atoms with Gasteiger partial charge in [-0.2, -0.15) is 0 Å². The lowest BCUT2D eigenvalue weighted by Gasteiger charge is -2.36. The number of nitrogens with zero attached hydrogens (tertiary/aromatic N) is 2. The Kier molecular flexibility index (Phi) is 8.56. The molecule has 4 heterocycles. The van der Waals surface area contributed by atoms with E-state index in [1.54, 1.807) is 37.3 Å². The number of fused-ring (bicyclic) bond motifs is 2. The van der Waals surface area contributed by atoms with Crippen molar-refractivity contribution in [1.29, 1.82) is 0 Å². The molecule has 2 aromatic rings. The predicted octanol–water partition coefficient (Wildman–Crippen LogP) is 3.26. The number of para-hydroxylation sites is 1. The SMILES string of the molecule is Cc1cccc(Cl)c1N1C/C=C\CCC(=O)N[C@@H](C)[C@H](c2ccccc2)OC(=O)[C@@H]2[C@H]3C(=O)N(CCO)[C@H](C1=O)[C@]31C=C[C@H]2O1. The van der Waals surface area contributed by atoms with Gasteiger partial charge in [-0.25, -0.2) is 0 Å². The second-order valence-electron chi connectivity index (χ2n) is 11.9. The van der Waals surface area contributed by atoms with Crippen LogP contribution in [0.4, 0.5) is 5.69 Å². The van der Waals surface area contributed by atoms with Crippen molar-refractivity contribution in [2.24, 2.45) is 11.8 Å². The van der Waals surface area contributed by atoms with Crippen LogP contribution < -0.4 is 10.2 Å². The number of hydrogen-bond acceptors (Lipinski definition) is 7. The van der Waals surface area contributed by atoms with Crippen molar-refractivity contribution < 1.29 is 33.8 Å². The van der Waals surface area contributed by atoms with Gasteiger partial charge in [0.25, 0.3) is 5.91 Å². The Morgan fingerprint density at radius 2 is 1.82 bits per heavy atom. The average molecular weight is 634 g/mol. The van der Waals surface area contributed by atoms with E-state index in [0.717, 1.165) is 5.56 Å². The van der Waals surface area contributed by atoms with E-state index >= 15 is 0 Å². The van der Waals surface area contributed by atoms with Crippen molar-refractivity contribution in [3.63, 3.8) is 0 Å². The summed E-state index contributed by atoms with van der Waals surface area (Å²) in [6.45, 7) is 3.20. The van der Waals surface area contributed by atoms with Crippen molar-refractivity contribution in [2.75, 3.05) is 24.6 Å². The summed E-state index contributed by atoms with van der Waals surface area (Å²) < 4.78 is 12.6. The molecule has 5 bridgehead atoms. The number of aliphatic hydroxyl groups is 1. The van der Waals surface area contributed by atoms with Crippen molar-refractivity contribution in [1.82, 2.24) is 10.2 Å². The predicted molar refractivity (Wildman–Crippen MR) is 166 cm³/mol. The van der Waals surface area contributed by atoms with Gasteiger partial charge in [0.1, 0.15) is 23.7 Å². The number of hydrogen-bond donors (Lipinski definition) is 2. The summed E-state index contributed by atoms with van der Waals surface area (Å²) in [7, 11) is 0. The minimum atomic E-state index is -1.45. The molecule has 10 nitrogen and oxygen atoms in total. The van der Waals surface area contributed by atoms with Crippen LogP contribution in [0.15, 0.2) is 72.8 Å². The highest BCUT2D eigenvalue weighted by Gasteiger charge is 2.73. The average Bonchev–Trinajstić information content (AvgIpc) is 3.66. The Hall–Kier alpha value is -3.99. The van der Waals surface area contributed by atoms with Gasteiger partial charge in [0.2, 0.25) is 11.8 Å². The first kappa shape index (κ1) is 31.0. The number of benzene rings is 2. The van der Waals surface area contributed by atoms with E-state index in [1.165, 1.54) is 9.80 Å². The molecule has 236 valence electrons. The number of carbonyl (C=O) groups excluding carboxylic acids is 4. The normalized spacial score (nSPS) is 32.4. The first-order chi connectivity index (χ1) is 21.7. The third kappa shape index (κ3) is 5.34. The van der Waals surface area contributed by atoms with Gasteiger partial charge >= 0.3 is 5.97 Å². The molecule has 2 saturated heterocycles. The highest BCUT2D eigenvalue weighted by atomic mass is 35.5. The molecule has 7 atom stereocenters. The number of cyclic esters (lactones) is 1. The molecule has 0 aromatic heterocycles. The topological polar surface area (TPSA) is 125 Å². The summed E-state index contributed by atoms with van der Waals surface area (Å²) in [6, 6.07) is 12.7. The number of nitrogens with one attached hydrogen (secondary N) is 1. The van der Waals surface area contributed by atoms with Crippen LogP contribution in [0.1, 0.15) is 37.0 Å². The van der Waals surface area contributed by atoms with Gasteiger partial charge in [-0.15, -0.1) is 0 Å². The summed E-state index contributed by atoms with van der Waals surface area (Å²) in [5.41, 5.74) is 0.457. The Morgan fingerprint density at radius 1 is 1.04 bits per heavy atom. The third-order valence-corrected chi connectivity index (χ3v) is 9.46. The molecular formula is C34H36ClN3O7. The molecule has 4 aliphatic heterocycles. The number of esters is 1. The Labute approximate surface area is 266 Å². The molecule has 0 radical (unpaired) electrons. The van der Waals surface area contributed by atoms with Crippen molar-refractivity contribution in [3.8, 4) is 0 Å². The van der Waals surface area contributed by atoms with Crippen LogP contribution in [0.5, 0.6) is 0 Å². The van der Waals surface area contributed by atoms with Gasteiger partial charge in [0, 0.05) is 19.5 Å². The maximum absolute atomic E-state index is 14.7. The monoisotopic (exact) mass is 633 g/mol. The fourth-order valence-corrected chi connectivity index (χ4v) is 7.51. The van der Waals surface area contributed by atoms with Crippen molar-refractivity contribution >= 4 is 41.0 Å². The van der Waals surface area contributed by atoms with E-state index in [9.17, 15) is 24.3 Å². The molecule has 4 aliphatic rings. The number of ether oxygens (including phenoxy) is 2. The largest absolute Gasteiger partial charge is 0.455 e. The zero-order chi connectivity index (χ0) is 31.9. The lowest BCUT2D eigenvalue weighted by atomic mass is 9.74. The van der Waals surface area contributed by atoms with Crippen LogP contribution in [-0.2, 0) is 28.7 Å². The quantitative estimate of drug-likeness (QED) is 0.391. The molecule has 6 rings (SSSR count). The maximum Gasteiger partial charge on any atom is 0.313 e. The molecule has 3 amide bonds. The number of aryl methyl sites for hydroxylation is 1. The van der Waals surface area contributed by atoms with Crippen molar-refractivity contribution in [2.45, 2.75) is 56.6 Å². The zero-order valence-electron chi connectivity index (χ0n) is 25.1. The fraction of sp³-hybridized carbons (Fsp3) is 0.412. The van der Waals surface area contributed by atoms with E-state index in [2.05, 4.69) is 5.32 Å². The van der Waals surface area contributed by atoms with Gasteiger partial charge in [-0.3, -0.25) is 19.2 Å². The zero-order valence-corrected chi connectivity index (χ0v) is 25.9. The molecule has 11 heteroatoms. The smallest absolute Gasteiger partial charge is 0.313 e. The third-order valence-electron chi connectivity index (χ3n) is 9.15. The number of halogens is 1. The number of likely N-dealkylation sites (tertiary alicyclic amines) is 1. The van der Waals surface area contributed by atoms with Crippen LogP contribution in [0, 0.1) is 18.8 Å². The summed E-state index contributed by atoms with van der Waals surface area (Å²) >= 11 is 6.66. The number of amides is 3. The summed E-state index contributed by atoms with van der Waals surface area (Å²) in [6.07, 6.45) is 5.99. The molecule has 2 N–H and O–H groups in total. The van der Waals surface area contributed by atoms with Gasteiger partial charge in [0.05, 0.1) is 35.4 Å². The first-order valence-corrected chi connectivity index (χ1v) is 15.6. The standard InChI is InChI=1S/C34H36ClN3O7/c1-20-10-9-13-23(35)28(20)37-17-8-4-7-14-25(40)36-21(2)29(22-11-5-3-6-12-22)44-33(43)26-24-15-16-34(45-24)27(26)31(41)38(18-19-39)30(34)32(37)42/h3-6,8-13,15-16,21,24,26-27,29-30,39H,7,14,17-19H2,1-2H3,(H,36,40)/b8-4-/t21-,24+,26-,27-,29+,30+,34-/m0/s1. The Morgan fingerprint density at radius 3 is 2.56 bits per heavy atom. The second kappa shape index (κ2) is 12.4. The number of carbonyl (C=O) groups is 4. The fourth-order valence-electron chi connectivity index (χ4n) is 7.19.